The molecule has 1 aliphatic rings. The molecule has 0 aromatic heterocycles. The monoisotopic (exact) mass is 565 g/mol. The number of ether oxygens (including phenoxy) is 4. The lowest BCUT2D eigenvalue weighted by Crippen LogP contribution is -2.60. The summed E-state index contributed by atoms with van der Waals surface area (Å²) in [6.45, 7) is 1.20. The van der Waals surface area contributed by atoms with Gasteiger partial charge in [0.1, 0.15) is 17.3 Å². The molecule has 1 aliphatic heterocycles. The van der Waals surface area contributed by atoms with Crippen LogP contribution in [0, 0.1) is 5.82 Å². The second kappa shape index (κ2) is 13.2. The number of para-hydroxylation sites is 1. The molecule has 0 spiro atoms. The van der Waals surface area contributed by atoms with Gasteiger partial charge in [-0.25, -0.2) is 18.9 Å². The van der Waals surface area contributed by atoms with Crippen LogP contribution in [0.2, 0.25) is 0 Å². The molecule has 4 rings (SSSR count). The maximum Gasteiger partial charge on any atom is 0.337 e. The Bertz CT molecular complexity index is 1390. The minimum atomic E-state index is -1.70. The van der Waals surface area contributed by atoms with Gasteiger partial charge in [0.05, 0.1) is 31.2 Å². The maximum absolute atomic E-state index is 13.9. The third-order valence-corrected chi connectivity index (χ3v) is 6.68. The van der Waals surface area contributed by atoms with Crippen molar-refractivity contribution < 1.29 is 37.7 Å². The van der Waals surface area contributed by atoms with Gasteiger partial charge in [0.2, 0.25) is 5.78 Å². The smallest absolute Gasteiger partial charge is 0.337 e. The number of nitrogens with one attached hydrogen (secondary N) is 2. The van der Waals surface area contributed by atoms with E-state index in [1.807, 2.05) is 4.90 Å². The van der Waals surface area contributed by atoms with Crippen LogP contribution in [0.4, 0.5) is 20.6 Å². The van der Waals surface area contributed by atoms with Crippen molar-refractivity contribution in [2.24, 2.45) is 0 Å². The number of halogens is 1. The fraction of sp³-hybridized carbons (Fsp3) is 0.300. The molecule has 0 aliphatic carbocycles. The van der Waals surface area contributed by atoms with Crippen molar-refractivity contribution in [1.29, 1.82) is 0 Å². The van der Waals surface area contributed by atoms with E-state index in [9.17, 15) is 18.8 Å². The summed E-state index contributed by atoms with van der Waals surface area (Å²) in [6, 6.07) is 16.3. The number of anilines is 2. The van der Waals surface area contributed by atoms with Crippen molar-refractivity contribution >= 4 is 29.2 Å². The van der Waals surface area contributed by atoms with Crippen LogP contribution in [0.25, 0.3) is 0 Å². The van der Waals surface area contributed by atoms with Gasteiger partial charge < -0.3 is 29.6 Å². The number of hydrogen-bond donors (Lipinski definition) is 2. The van der Waals surface area contributed by atoms with Crippen LogP contribution in [-0.4, -0.2) is 63.0 Å². The van der Waals surface area contributed by atoms with E-state index in [1.165, 1.54) is 39.5 Å². The molecular weight excluding hydrogens is 533 g/mol. The first kappa shape index (κ1) is 29.5. The molecule has 1 fully saturated rings. The molecular formula is C30H32FN3O7. The summed E-state index contributed by atoms with van der Waals surface area (Å²) < 4.78 is 36.1. The van der Waals surface area contributed by atoms with E-state index in [0.717, 1.165) is 12.8 Å². The van der Waals surface area contributed by atoms with E-state index in [2.05, 4.69) is 10.6 Å². The van der Waals surface area contributed by atoms with Crippen LogP contribution in [0.3, 0.4) is 0 Å². The second-order valence-electron chi connectivity index (χ2n) is 9.29. The van der Waals surface area contributed by atoms with E-state index < -0.39 is 23.7 Å². The van der Waals surface area contributed by atoms with Gasteiger partial charge in [-0.15, -0.1) is 0 Å². The van der Waals surface area contributed by atoms with Crippen LogP contribution in [0.15, 0.2) is 66.7 Å². The molecule has 11 heteroatoms. The molecule has 0 radical (unpaired) electrons. The van der Waals surface area contributed by atoms with Crippen molar-refractivity contribution in [2.75, 3.05) is 45.1 Å². The topological polar surface area (TPSA) is 115 Å². The third kappa shape index (κ3) is 6.82. The number of benzene rings is 3. The number of carbonyl (C=O) groups excluding carboxylic acids is 3. The quantitative estimate of drug-likeness (QED) is 0.251. The SMILES string of the molecule is COC(=O)c1ccc(OC(OC)(C(=O)Cc2ccc(NC(=O)Nc3ccccc3F)c(OC)c2)N2CCCC2)cc1. The molecule has 41 heavy (non-hydrogen) atoms. The molecule has 2 amide bonds. The normalized spacial score (nSPS) is 14.5. The van der Waals surface area contributed by atoms with Gasteiger partial charge in [-0.2, -0.15) is 0 Å². The van der Waals surface area contributed by atoms with Crippen molar-refractivity contribution in [2.45, 2.75) is 25.2 Å². The molecule has 10 nitrogen and oxygen atoms in total. The Hall–Kier alpha value is -4.48. The summed E-state index contributed by atoms with van der Waals surface area (Å²) >= 11 is 0. The zero-order valence-corrected chi connectivity index (χ0v) is 23.1. The minimum Gasteiger partial charge on any atom is -0.495 e. The van der Waals surface area contributed by atoms with Crippen molar-refractivity contribution in [3.05, 3.63) is 83.7 Å². The molecule has 1 heterocycles. The largest absolute Gasteiger partial charge is 0.495 e. The Morgan fingerprint density at radius 2 is 1.59 bits per heavy atom. The van der Waals surface area contributed by atoms with Gasteiger partial charge in [0.25, 0.3) is 0 Å². The van der Waals surface area contributed by atoms with Crippen LogP contribution < -0.4 is 20.1 Å². The fourth-order valence-corrected chi connectivity index (χ4v) is 4.61. The first-order chi connectivity index (χ1) is 19.8. The lowest BCUT2D eigenvalue weighted by Gasteiger charge is -2.38. The average molecular weight is 566 g/mol. The molecule has 3 aromatic carbocycles. The zero-order valence-electron chi connectivity index (χ0n) is 23.1. The number of urea groups is 1. The average Bonchev–Trinajstić information content (AvgIpc) is 3.53. The van der Waals surface area contributed by atoms with Gasteiger partial charge in [0, 0.05) is 26.6 Å². The third-order valence-electron chi connectivity index (χ3n) is 6.68. The van der Waals surface area contributed by atoms with E-state index in [1.54, 1.807) is 48.5 Å². The Labute approximate surface area is 237 Å². The Kier molecular flexibility index (Phi) is 9.53. The maximum atomic E-state index is 13.9. The highest BCUT2D eigenvalue weighted by Gasteiger charge is 2.48. The number of amides is 2. The number of esters is 1. The van der Waals surface area contributed by atoms with Gasteiger partial charge >= 0.3 is 17.9 Å². The van der Waals surface area contributed by atoms with Crippen LogP contribution in [0.1, 0.15) is 28.8 Å². The molecule has 2 N–H and O–H groups in total. The molecule has 1 atom stereocenters. The molecule has 1 unspecified atom stereocenters. The minimum absolute atomic E-state index is 0.0314. The van der Waals surface area contributed by atoms with Gasteiger partial charge in [-0.1, -0.05) is 18.2 Å². The van der Waals surface area contributed by atoms with Crippen LogP contribution >= 0.6 is 0 Å². The molecule has 216 valence electrons. The lowest BCUT2D eigenvalue weighted by atomic mass is 10.0. The van der Waals surface area contributed by atoms with E-state index in [0.29, 0.717) is 41.4 Å². The van der Waals surface area contributed by atoms with Gasteiger partial charge in [-0.3, -0.25) is 4.79 Å². The first-order valence-corrected chi connectivity index (χ1v) is 13.0. The van der Waals surface area contributed by atoms with Crippen molar-refractivity contribution in [3.8, 4) is 11.5 Å². The van der Waals surface area contributed by atoms with Crippen molar-refractivity contribution in [1.82, 2.24) is 4.90 Å². The lowest BCUT2D eigenvalue weighted by molar-refractivity contribution is -0.242. The number of ketones is 1. The summed E-state index contributed by atoms with van der Waals surface area (Å²) in [5.41, 5.74) is 1.30. The van der Waals surface area contributed by atoms with Gasteiger partial charge in [0.15, 0.2) is 0 Å². The highest BCUT2D eigenvalue weighted by atomic mass is 19.1. The number of rotatable bonds is 11. The zero-order chi connectivity index (χ0) is 29.4. The van der Waals surface area contributed by atoms with Crippen molar-refractivity contribution in [3.63, 3.8) is 0 Å². The molecule has 1 saturated heterocycles. The number of Topliss-reactive ketones (excluding diaryl/α,β-unsaturated/α-hetero) is 1. The Morgan fingerprint density at radius 1 is 0.902 bits per heavy atom. The molecule has 0 saturated carbocycles. The number of carbonyl (C=O) groups is 3. The van der Waals surface area contributed by atoms with E-state index >= 15 is 0 Å². The number of methoxy groups -OCH3 is 3. The highest BCUT2D eigenvalue weighted by molar-refractivity contribution is 6.00. The Balaban J connectivity index is 1.53. The molecule has 3 aromatic rings. The first-order valence-electron chi connectivity index (χ1n) is 13.0. The standard InChI is InChI=1S/C30H32FN3O7/c1-38-26-18-20(10-15-25(26)33-29(37)32-24-9-5-4-8-23(24)31)19-27(35)30(40-3,34-16-6-7-17-34)41-22-13-11-21(12-14-22)28(36)39-2/h4-5,8-15,18H,6-7,16-17,19H2,1-3H3,(H2,32,33,37). The molecule has 0 bridgehead atoms. The fourth-order valence-electron chi connectivity index (χ4n) is 4.61. The van der Waals surface area contributed by atoms with E-state index in [4.69, 9.17) is 18.9 Å². The summed E-state index contributed by atoms with van der Waals surface area (Å²) in [4.78, 5) is 40.0. The van der Waals surface area contributed by atoms with Crippen LogP contribution in [-0.2, 0) is 20.7 Å². The Morgan fingerprint density at radius 3 is 2.22 bits per heavy atom. The highest BCUT2D eigenvalue weighted by Crippen LogP contribution is 2.31. The number of hydrogen-bond acceptors (Lipinski definition) is 8. The van der Waals surface area contributed by atoms with E-state index in [-0.39, 0.29) is 17.9 Å². The predicted octanol–water partition coefficient (Wildman–Crippen LogP) is 4.85. The van der Waals surface area contributed by atoms with Gasteiger partial charge in [-0.05, 0) is 66.9 Å². The summed E-state index contributed by atoms with van der Waals surface area (Å²) in [5.74, 6) is -2.45. The number of likely N-dealkylation sites (tertiary alicyclic amines) is 1. The summed E-state index contributed by atoms with van der Waals surface area (Å²) in [5, 5.41) is 5.09. The van der Waals surface area contributed by atoms with Crippen LogP contribution in [0.5, 0.6) is 11.5 Å². The predicted molar refractivity (Wildman–Crippen MR) is 150 cm³/mol. The summed E-state index contributed by atoms with van der Waals surface area (Å²) in [6.07, 6.45) is 1.70. The number of nitrogens with zero attached hydrogens (tertiary/aromatic N) is 1. The second-order valence-corrected chi connectivity index (χ2v) is 9.29. The summed E-state index contributed by atoms with van der Waals surface area (Å²) in [7, 11) is 4.15.